The van der Waals surface area contributed by atoms with Crippen molar-refractivity contribution in [3.8, 4) is 0 Å². The molecule has 6 heteroatoms. The van der Waals surface area contributed by atoms with Gasteiger partial charge in [0.05, 0.1) is 18.3 Å². The maximum absolute atomic E-state index is 12.1. The van der Waals surface area contributed by atoms with Crippen molar-refractivity contribution in [2.75, 3.05) is 6.54 Å². The third-order valence-electron chi connectivity index (χ3n) is 2.75. The number of benzene rings is 1. The van der Waals surface area contributed by atoms with Crippen LogP contribution in [0.1, 0.15) is 12.5 Å². The number of H-pyrrole nitrogens is 1. The Balaban J connectivity index is 2.03. The maximum Gasteiger partial charge on any atom is 0.401 e. The minimum absolute atomic E-state index is 0.243. The van der Waals surface area contributed by atoms with Crippen LogP contribution in [0.25, 0.3) is 10.9 Å². The highest BCUT2D eigenvalue weighted by Gasteiger charge is 2.27. The van der Waals surface area contributed by atoms with Gasteiger partial charge in [-0.15, -0.1) is 0 Å². The van der Waals surface area contributed by atoms with Crippen LogP contribution in [0.15, 0.2) is 24.4 Å². The normalized spacial score (nSPS) is 14.0. The highest BCUT2D eigenvalue weighted by molar-refractivity contribution is 5.81. The van der Waals surface area contributed by atoms with Crippen LogP contribution in [0.3, 0.4) is 0 Å². The van der Waals surface area contributed by atoms with E-state index in [0.717, 1.165) is 16.5 Å². The molecule has 2 rings (SSSR count). The average Bonchev–Trinajstić information content (AvgIpc) is 2.74. The van der Waals surface area contributed by atoms with Gasteiger partial charge in [-0.2, -0.15) is 18.3 Å². The van der Waals surface area contributed by atoms with Crippen molar-refractivity contribution in [3.63, 3.8) is 0 Å². The van der Waals surface area contributed by atoms with Crippen molar-refractivity contribution in [2.24, 2.45) is 0 Å². The van der Waals surface area contributed by atoms with Gasteiger partial charge in [-0.1, -0.05) is 12.1 Å². The van der Waals surface area contributed by atoms with Gasteiger partial charge in [0.2, 0.25) is 0 Å². The van der Waals surface area contributed by atoms with Crippen molar-refractivity contribution in [1.82, 2.24) is 15.5 Å². The highest BCUT2D eigenvalue weighted by atomic mass is 19.4. The smallest absolute Gasteiger partial charge is 0.306 e. The third kappa shape index (κ3) is 3.22. The zero-order valence-corrected chi connectivity index (χ0v) is 9.88. The number of hydrogen-bond acceptors (Lipinski definition) is 2. The quantitative estimate of drug-likeness (QED) is 0.884. The topological polar surface area (TPSA) is 40.7 Å². The summed E-state index contributed by atoms with van der Waals surface area (Å²) in [6, 6.07) is 5.42. The lowest BCUT2D eigenvalue weighted by atomic mass is 10.0. The number of aromatic amines is 1. The summed E-state index contributed by atoms with van der Waals surface area (Å²) in [5, 5.41) is 10.2. The summed E-state index contributed by atoms with van der Waals surface area (Å²) in [4.78, 5) is 0. The number of nitrogens with zero attached hydrogens (tertiary/aromatic N) is 1. The first-order chi connectivity index (χ1) is 8.46. The molecule has 1 aromatic carbocycles. The number of alkyl halides is 3. The van der Waals surface area contributed by atoms with E-state index in [1.165, 1.54) is 0 Å². The summed E-state index contributed by atoms with van der Waals surface area (Å²) in [6.45, 7) is 0.778. The fourth-order valence-electron chi connectivity index (χ4n) is 1.90. The van der Waals surface area contributed by atoms with Crippen molar-refractivity contribution in [2.45, 2.75) is 25.6 Å². The molecule has 0 spiro atoms. The molecule has 3 nitrogen and oxygen atoms in total. The molecule has 0 aliphatic rings. The summed E-state index contributed by atoms with van der Waals surface area (Å²) in [7, 11) is 0. The molecule has 0 bridgehead atoms. The number of aromatic nitrogens is 2. The highest BCUT2D eigenvalue weighted by Crippen LogP contribution is 2.18. The van der Waals surface area contributed by atoms with Crippen LogP contribution in [-0.4, -0.2) is 29.0 Å². The lowest BCUT2D eigenvalue weighted by Gasteiger charge is -2.15. The predicted octanol–water partition coefficient (Wildman–Crippen LogP) is 2.65. The second-order valence-electron chi connectivity index (χ2n) is 4.35. The average molecular weight is 257 g/mol. The zero-order valence-electron chi connectivity index (χ0n) is 9.88. The fourth-order valence-corrected chi connectivity index (χ4v) is 1.90. The van der Waals surface area contributed by atoms with Gasteiger partial charge in [0, 0.05) is 11.4 Å². The number of rotatable bonds is 4. The molecule has 18 heavy (non-hydrogen) atoms. The van der Waals surface area contributed by atoms with Gasteiger partial charge in [-0.3, -0.25) is 5.10 Å². The third-order valence-corrected chi connectivity index (χ3v) is 2.75. The van der Waals surface area contributed by atoms with Gasteiger partial charge < -0.3 is 5.32 Å². The number of halogens is 3. The van der Waals surface area contributed by atoms with Gasteiger partial charge >= 0.3 is 6.18 Å². The van der Waals surface area contributed by atoms with E-state index in [9.17, 15) is 13.2 Å². The molecular weight excluding hydrogens is 243 g/mol. The SMILES string of the molecule is C[C@H](Cc1cccc2[nH]ncc12)NCC(F)(F)F. The van der Waals surface area contributed by atoms with Crippen LogP contribution < -0.4 is 5.32 Å². The summed E-state index contributed by atoms with van der Waals surface area (Å²) in [5.41, 5.74) is 1.89. The zero-order chi connectivity index (χ0) is 13.2. The molecule has 0 saturated carbocycles. The molecule has 0 aliphatic carbocycles. The number of fused-ring (bicyclic) bond motifs is 1. The Kier molecular flexibility index (Phi) is 3.56. The second kappa shape index (κ2) is 4.97. The van der Waals surface area contributed by atoms with E-state index in [1.807, 2.05) is 18.2 Å². The van der Waals surface area contributed by atoms with Gasteiger partial charge in [0.25, 0.3) is 0 Å². The summed E-state index contributed by atoms with van der Waals surface area (Å²) >= 11 is 0. The lowest BCUT2D eigenvalue weighted by Crippen LogP contribution is -2.36. The van der Waals surface area contributed by atoms with Crippen LogP contribution in [0.2, 0.25) is 0 Å². The van der Waals surface area contributed by atoms with Gasteiger partial charge in [0.15, 0.2) is 0 Å². The second-order valence-corrected chi connectivity index (χ2v) is 4.35. The largest absolute Gasteiger partial charge is 0.401 e. The van der Waals surface area contributed by atoms with Crippen molar-refractivity contribution in [3.05, 3.63) is 30.0 Å². The minimum atomic E-state index is -4.17. The van der Waals surface area contributed by atoms with E-state index in [2.05, 4.69) is 15.5 Å². The monoisotopic (exact) mass is 257 g/mol. The molecule has 0 unspecified atom stereocenters. The minimum Gasteiger partial charge on any atom is -0.306 e. The van der Waals surface area contributed by atoms with E-state index in [4.69, 9.17) is 0 Å². The molecule has 0 fully saturated rings. The van der Waals surface area contributed by atoms with Crippen LogP contribution in [0.4, 0.5) is 13.2 Å². The molecule has 98 valence electrons. The Morgan fingerprint density at radius 1 is 1.39 bits per heavy atom. The fraction of sp³-hybridized carbons (Fsp3) is 0.417. The first kappa shape index (κ1) is 12.9. The number of hydrogen-bond donors (Lipinski definition) is 2. The van der Waals surface area contributed by atoms with Gasteiger partial charge in [-0.05, 0) is 25.0 Å². The Hall–Kier alpha value is -1.56. The first-order valence-corrected chi connectivity index (χ1v) is 5.67. The summed E-state index contributed by atoms with van der Waals surface area (Å²) in [6.07, 6.45) is -1.94. The summed E-state index contributed by atoms with van der Waals surface area (Å²) < 4.78 is 36.2. The van der Waals surface area contributed by atoms with E-state index < -0.39 is 12.7 Å². The molecule has 0 saturated heterocycles. The molecule has 0 radical (unpaired) electrons. The Labute approximate surface area is 102 Å². The van der Waals surface area contributed by atoms with Crippen molar-refractivity contribution in [1.29, 1.82) is 0 Å². The van der Waals surface area contributed by atoms with E-state index in [-0.39, 0.29) is 6.04 Å². The maximum atomic E-state index is 12.1. The molecule has 1 atom stereocenters. The predicted molar refractivity (Wildman–Crippen MR) is 63.3 cm³/mol. The standard InChI is InChI=1S/C12H14F3N3/c1-8(16-7-12(13,14)15)5-9-3-2-4-11-10(9)6-17-18-11/h2-4,6,8,16H,5,7H2,1H3,(H,17,18)/t8-/m1/s1. The summed E-state index contributed by atoms with van der Waals surface area (Å²) in [5.74, 6) is 0. The van der Waals surface area contributed by atoms with Crippen molar-refractivity contribution < 1.29 is 13.2 Å². The van der Waals surface area contributed by atoms with Gasteiger partial charge in [-0.25, -0.2) is 0 Å². The van der Waals surface area contributed by atoms with Crippen LogP contribution in [0, 0.1) is 0 Å². The molecule has 1 aromatic heterocycles. The van der Waals surface area contributed by atoms with Gasteiger partial charge in [0.1, 0.15) is 0 Å². The van der Waals surface area contributed by atoms with Crippen LogP contribution >= 0.6 is 0 Å². The molecule has 2 N–H and O–H groups in total. The van der Waals surface area contributed by atoms with E-state index in [1.54, 1.807) is 13.1 Å². The molecular formula is C12H14F3N3. The molecule has 2 aromatic rings. The van der Waals surface area contributed by atoms with Crippen LogP contribution in [0.5, 0.6) is 0 Å². The Bertz CT molecular complexity index is 519. The van der Waals surface area contributed by atoms with Crippen molar-refractivity contribution >= 4 is 10.9 Å². The molecule has 1 heterocycles. The Morgan fingerprint density at radius 3 is 2.89 bits per heavy atom. The lowest BCUT2D eigenvalue weighted by molar-refractivity contribution is -0.126. The number of nitrogens with one attached hydrogen (secondary N) is 2. The van der Waals surface area contributed by atoms with E-state index in [0.29, 0.717) is 6.42 Å². The van der Waals surface area contributed by atoms with E-state index >= 15 is 0 Å². The molecule has 0 aliphatic heterocycles. The van der Waals surface area contributed by atoms with Crippen LogP contribution in [-0.2, 0) is 6.42 Å². The first-order valence-electron chi connectivity index (χ1n) is 5.67. The Morgan fingerprint density at radius 2 is 2.17 bits per heavy atom. The molecule has 0 amide bonds.